The van der Waals surface area contributed by atoms with Crippen molar-refractivity contribution in [1.82, 2.24) is 0 Å². The molecule has 0 aliphatic rings. The zero-order valence-corrected chi connectivity index (χ0v) is 15.7. The van der Waals surface area contributed by atoms with Crippen LogP contribution < -0.4 is 9.55 Å². The van der Waals surface area contributed by atoms with Crippen LogP contribution in [0.1, 0.15) is 0 Å². The first-order chi connectivity index (χ1) is 14.2. The highest BCUT2D eigenvalue weighted by molar-refractivity contribution is 6.33. The Kier molecular flexibility index (Phi) is 5.61. The van der Waals surface area contributed by atoms with Crippen LogP contribution in [0.15, 0.2) is 109 Å². The molecular weight excluding hydrogens is 361 g/mol. The monoisotopic (exact) mass is 381 g/mol. The average Bonchev–Trinajstić information content (AvgIpc) is 2.76. The fraction of sp³-hybridized carbons (Fsp3) is 0. The Morgan fingerprint density at radius 2 is 1.10 bits per heavy atom. The van der Waals surface area contributed by atoms with E-state index in [1.165, 1.54) is 0 Å². The summed E-state index contributed by atoms with van der Waals surface area (Å²) in [6, 6.07) is 36.0. The largest absolute Gasteiger partial charge is 0.707 e. The lowest BCUT2D eigenvalue weighted by Gasteiger charge is -2.25. The van der Waals surface area contributed by atoms with Gasteiger partial charge < -0.3 is 19.6 Å². The van der Waals surface area contributed by atoms with Gasteiger partial charge >= 0.3 is 7.32 Å². The standard InChI is InChI=1S/C24H20BNO3/c27-25(28)29-24-16-14-19(15-17-24)20-8-7-13-23(18-20)26(21-9-3-1-4-10-21)22-11-5-2-6-12-22/h1-18,27-28H. The molecule has 0 atom stereocenters. The van der Waals surface area contributed by atoms with E-state index in [0.717, 1.165) is 28.2 Å². The number of hydrogen-bond acceptors (Lipinski definition) is 4. The van der Waals surface area contributed by atoms with E-state index in [1.807, 2.05) is 54.6 Å². The fourth-order valence-corrected chi connectivity index (χ4v) is 3.27. The highest BCUT2D eigenvalue weighted by atomic mass is 16.6. The normalized spacial score (nSPS) is 10.4. The Labute approximate surface area is 170 Å². The second-order valence-corrected chi connectivity index (χ2v) is 6.53. The summed E-state index contributed by atoms with van der Waals surface area (Å²) < 4.78 is 4.89. The van der Waals surface area contributed by atoms with Crippen molar-refractivity contribution < 1.29 is 14.7 Å². The number of anilines is 3. The Morgan fingerprint density at radius 3 is 1.66 bits per heavy atom. The zero-order chi connectivity index (χ0) is 20.1. The lowest BCUT2D eigenvalue weighted by atomic mass is 10.0. The van der Waals surface area contributed by atoms with E-state index >= 15 is 0 Å². The van der Waals surface area contributed by atoms with Crippen molar-refractivity contribution in [2.75, 3.05) is 4.90 Å². The maximum atomic E-state index is 8.93. The molecule has 0 radical (unpaired) electrons. The first-order valence-corrected chi connectivity index (χ1v) is 9.34. The SMILES string of the molecule is OB(O)Oc1ccc(-c2cccc(N(c3ccccc3)c3ccccc3)c2)cc1. The van der Waals surface area contributed by atoms with E-state index in [0.29, 0.717) is 5.75 Å². The van der Waals surface area contributed by atoms with Crippen molar-refractivity contribution in [3.05, 3.63) is 109 Å². The van der Waals surface area contributed by atoms with Crippen LogP contribution >= 0.6 is 0 Å². The van der Waals surface area contributed by atoms with Gasteiger partial charge in [-0.1, -0.05) is 60.7 Å². The number of nitrogens with zero attached hydrogens (tertiary/aromatic N) is 1. The van der Waals surface area contributed by atoms with Crippen molar-refractivity contribution in [2.24, 2.45) is 0 Å². The van der Waals surface area contributed by atoms with Gasteiger partial charge in [-0.05, 0) is 59.7 Å². The van der Waals surface area contributed by atoms with Crippen LogP contribution in [0, 0.1) is 0 Å². The van der Waals surface area contributed by atoms with Gasteiger partial charge in [0.1, 0.15) is 5.75 Å². The summed E-state index contributed by atoms with van der Waals surface area (Å²) in [6.45, 7) is 0. The van der Waals surface area contributed by atoms with Crippen molar-refractivity contribution >= 4 is 24.4 Å². The van der Waals surface area contributed by atoms with Crippen LogP contribution in [0.25, 0.3) is 11.1 Å². The highest BCUT2D eigenvalue weighted by Gasteiger charge is 2.13. The maximum absolute atomic E-state index is 8.93. The molecule has 29 heavy (non-hydrogen) atoms. The molecule has 0 spiro atoms. The second-order valence-electron chi connectivity index (χ2n) is 6.53. The molecule has 5 heteroatoms. The van der Waals surface area contributed by atoms with Crippen molar-refractivity contribution in [3.63, 3.8) is 0 Å². The van der Waals surface area contributed by atoms with Crippen LogP contribution in [-0.2, 0) is 0 Å². The summed E-state index contributed by atoms with van der Waals surface area (Å²) in [4.78, 5) is 2.21. The lowest BCUT2D eigenvalue weighted by molar-refractivity contribution is 0.288. The van der Waals surface area contributed by atoms with Crippen molar-refractivity contribution in [2.45, 2.75) is 0 Å². The van der Waals surface area contributed by atoms with Crippen molar-refractivity contribution in [3.8, 4) is 16.9 Å². The van der Waals surface area contributed by atoms with Crippen molar-refractivity contribution in [1.29, 1.82) is 0 Å². The van der Waals surface area contributed by atoms with Gasteiger partial charge in [-0.3, -0.25) is 0 Å². The van der Waals surface area contributed by atoms with E-state index in [2.05, 4.69) is 47.4 Å². The van der Waals surface area contributed by atoms with Gasteiger partial charge in [0.2, 0.25) is 0 Å². The Bertz CT molecular complexity index is 1010. The van der Waals surface area contributed by atoms with Gasteiger partial charge in [0.25, 0.3) is 0 Å². The summed E-state index contributed by atoms with van der Waals surface area (Å²) in [5, 5.41) is 17.9. The minimum Gasteiger partial charge on any atom is -0.512 e. The van der Waals surface area contributed by atoms with Gasteiger partial charge in [-0.25, -0.2) is 0 Å². The Balaban J connectivity index is 1.72. The van der Waals surface area contributed by atoms with E-state index in [4.69, 9.17) is 14.7 Å². The van der Waals surface area contributed by atoms with E-state index < -0.39 is 7.32 Å². The van der Waals surface area contributed by atoms with Crippen LogP contribution in [-0.4, -0.2) is 17.4 Å². The van der Waals surface area contributed by atoms with Gasteiger partial charge in [-0.15, -0.1) is 0 Å². The zero-order valence-electron chi connectivity index (χ0n) is 15.7. The molecule has 0 amide bonds. The summed E-state index contributed by atoms with van der Waals surface area (Å²) in [5.74, 6) is 0.398. The topological polar surface area (TPSA) is 52.9 Å². The van der Waals surface area contributed by atoms with Gasteiger partial charge in [0, 0.05) is 17.1 Å². The first-order valence-electron chi connectivity index (χ1n) is 9.34. The average molecular weight is 381 g/mol. The summed E-state index contributed by atoms with van der Waals surface area (Å²) in [7, 11) is -1.82. The van der Waals surface area contributed by atoms with Gasteiger partial charge in [-0.2, -0.15) is 0 Å². The smallest absolute Gasteiger partial charge is 0.512 e. The van der Waals surface area contributed by atoms with Gasteiger partial charge in [0.05, 0.1) is 0 Å². The first kappa shape index (κ1) is 18.8. The third-order valence-corrected chi connectivity index (χ3v) is 4.56. The minimum atomic E-state index is -1.82. The molecule has 0 bridgehead atoms. The number of rotatable bonds is 6. The van der Waals surface area contributed by atoms with Crippen LogP contribution in [0.5, 0.6) is 5.75 Å². The molecule has 0 aromatic heterocycles. The Morgan fingerprint density at radius 1 is 0.552 bits per heavy atom. The summed E-state index contributed by atoms with van der Waals surface area (Å²) in [5.41, 5.74) is 5.27. The third-order valence-electron chi connectivity index (χ3n) is 4.56. The number of para-hydroxylation sites is 2. The van der Waals surface area contributed by atoms with Crippen LogP contribution in [0.3, 0.4) is 0 Å². The van der Waals surface area contributed by atoms with Crippen LogP contribution in [0.2, 0.25) is 0 Å². The molecule has 0 aliphatic heterocycles. The van der Waals surface area contributed by atoms with E-state index in [9.17, 15) is 0 Å². The molecule has 142 valence electrons. The molecule has 0 saturated heterocycles. The lowest BCUT2D eigenvalue weighted by Crippen LogP contribution is -2.20. The third kappa shape index (κ3) is 4.49. The minimum absolute atomic E-state index is 0.398. The van der Waals surface area contributed by atoms with E-state index in [-0.39, 0.29) is 0 Å². The quantitative estimate of drug-likeness (QED) is 0.453. The number of hydrogen-bond donors (Lipinski definition) is 2. The number of benzene rings is 4. The molecule has 4 aromatic rings. The molecule has 4 aromatic carbocycles. The molecule has 4 rings (SSSR count). The maximum Gasteiger partial charge on any atom is 0.707 e. The summed E-state index contributed by atoms with van der Waals surface area (Å²) >= 11 is 0. The van der Waals surface area contributed by atoms with Crippen LogP contribution in [0.4, 0.5) is 17.1 Å². The molecule has 0 fully saturated rings. The molecule has 0 heterocycles. The summed E-state index contributed by atoms with van der Waals surface area (Å²) in [6.07, 6.45) is 0. The Hall–Kier alpha value is -3.54. The molecular formula is C24H20BNO3. The van der Waals surface area contributed by atoms with E-state index in [1.54, 1.807) is 12.1 Å². The molecule has 2 N–H and O–H groups in total. The van der Waals surface area contributed by atoms with Gasteiger partial charge in [0.15, 0.2) is 0 Å². The predicted molar refractivity (Wildman–Crippen MR) is 117 cm³/mol. The fourth-order valence-electron chi connectivity index (χ4n) is 3.27. The highest BCUT2D eigenvalue weighted by Crippen LogP contribution is 2.36. The molecule has 0 aliphatic carbocycles. The second kappa shape index (κ2) is 8.65. The molecule has 4 nitrogen and oxygen atoms in total. The predicted octanol–water partition coefficient (Wildman–Crippen LogP) is 5.17. The molecule has 0 saturated carbocycles. The molecule has 0 unspecified atom stereocenters.